The van der Waals surface area contributed by atoms with E-state index in [2.05, 4.69) is 12.2 Å². The van der Waals surface area contributed by atoms with E-state index in [-0.39, 0.29) is 11.4 Å². The fourth-order valence-electron chi connectivity index (χ4n) is 3.30. The zero-order valence-corrected chi connectivity index (χ0v) is 8.94. The Kier molecular flexibility index (Phi) is 1.93. The molecule has 2 fully saturated rings. The van der Waals surface area contributed by atoms with Gasteiger partial charge in [0.15, 0.2) is 0 Å². The van der Waals surface area contributed by atoms with Gasteiger partial charge in [0.05, 0.1) is 25.2 Å². The van der Waals surface area contributed by atoms with Crippen molar-refractivity contribution in [3.05, 3.63) is 12.2 Å². The largest absolute Gasteiger partial charge is 0.469 e. The molecule has 3 rings (SSSR count). The predicted octanol–water partition coefficient (Wildman–Crippen LogP) is 1.53. The van der Waals surface area contributed by atoms with Crippen LogP contribution in [0.2, 0.25) is 0 Å². The lowest BCUT2D eigenvalue weighted by Gasteiger charge is -2.32. The number of allylic oxidation sites excluding steroid dienone is 2. The van der Waals surface area contributed by atoms with Crippen LogP contribution in [0, 0.1) is 17.3 Å². The van der Waals surface area contributed by atoms with Gasteiger partial charge >= 0.3 is 5.97 Å². The third-order valence-electron chi connectivity index (χ3n) is 4.09. The van der Waals surface area contributed by atoms with Crippen molar-refractivity contribution < 1.29 is 14.3 Å². The van der Waals surface area contributed by atoms with Crippen LogP contribution in [-0.2, 0) is 14.3 Å². The highest BCUT2D eigenvalue weighted by Crippen LogP contribution is 2.56. The van der Waals surface area contributed by atoms with Crippen LogP contribution in [0.25, 0.3) is 0 Å². The van der Waals surface area contributed by atoms with Crippen LogP contribution in [0.15, 0.2) is 12.2 Å². The van der Waals surface area contributed by atoms with Gasteiger partial charge in [-0.15, -0.1) is 0 Å². The minimum Gasteiger partial charge on any atom is -0.469 e. The summed E-state index contributed by atoms with van der Waals surface area (Å²) in [7, 11) is 1.49. The van der Waals surface area contributed by atoms with Crippen molar-refractivity contribution >= 4 is 5.97 Å². The van der Waals surface area contributed by atoms with Gasteiger partial charge in [-0.25, -0.2) is 0 Å². The minimum atomic E-state index is -0.269. The van der Waals surface area contributed by atoms with Crippen molar-refractivity contribution in [1.29, 1.82) is 0 Å². The van der Waals surface area contributed by atoms with Crippen molar-refractivity contribution in [2.75, 3.05) is 13.7 Å². The van der Waals surface area contributed by atoms with E-state index >= 15 is 0 Å². The standard InChI is InChI=1S/C12H16O3/c1-14-11(13)12(6-10-7-15-10)5-8-2-3-9(12)4-8/h2-3,8-10H,4-7H2,1H3. The number of carbonyl (C=O) groups is 1. The molecule has 1 saturated carbocycles. The molecule has 2 aliphatic carbocycles. The van der Waals surface area contributed by atoms with Gasteiger partial charge in [0, 0.05) is 0 Å². The highest BCUT2D eigenvalue weighted by Gasteiger charge is 2.56. The topological polar surface area (TPSA) is 38.8 Å². The number of epoxide rings is 1. The van der Waals surface area contributed by atoms with E-state index < -0.39 is 0 Å². The Labute approximate surface area is 89.4 Å². The maximum atomic E-state index is 12.0. The lowest BCUT2D eigenvalue weighted by atomic mass is 9.72. The Hall–Kier alpha value is -0.830. The molecule has 0 aromatic heterocycles. The summed E-state index contributed by atoms with van der Waals surface area (Å²) in [4.78, 5) is 12.0. The fraction of sp³-hybridized carbons (Fsp3) is 0.750. The van der Waals surface area contributed by atoms with E-state index in [1.54, 1.807) is 0 Å². The molecule has 1 saturated heterocycles. The summed E-state index contributed by atoms with van der Waals surface area (Å²) in [5.74, 6) is 0.946. The molecule has 0 radical (unpaired) electrons. The average molecular weight is 208 g/mol. The molecule has 0 spiro atoms. The smallest absolute Gasteiger partial charge is 0.312 e. The molecule has 4 unspecified atom stereocenters. The van der Waals surface area contributed by atoms with Crippen LogP contribution >= 0.6 is 0 Å². The second kappa shape index (κ2) is 3.08. The monoisotopic (exact) mass is 208 g/mol. The molecular formula is C12H16O3. The number of fused-ring (bicyclic) bond motifs is 2. The highest BCUT2D eigenvalue weighted by molar-refractivity contribution is 5.78. The quantitative estimate of drug-likeness (QED) is 0.401. The molecule has 82 valence electrons. The van der Waals surface area contributed by atoms with E-state index in [9.17, 15) is 4.79 Å². The normalized spacial score (nSPS) is 45.8. The van der Waals surface area contributed by atoms with Gasteiger partial charge in [0.1, 0.15) is 0 Å². The molecule has 15 heavy (non-hydrogen) atoms. The molecule has 4 atom stereocenters. The van der Waals surface area contributed by atoms with Crippen LogP contribution in [0.1, 0.15) is 19.3 Å². The second-order valence-corrected chi connectivity index (χ2v) is 5.00. The van der Waals surface area contributed by atoms with Crippen molar-refractivity contribution in [3.63, 3.8) is 0 Å². The van der Waals surface area contributed by atoms with Crippen molar-refractivity contribution in [3.8, 4) is 0 Å². The number of esters is 1. The number of rotatable bonds is 3. The number of carbonyl (C=O) groups excluding carboxylic acids is 1. The Morgan fingerprint density at radius 2 is 2.40 bits per heavy atom. The molecule has 0 aromatic rings. The fourth-order valence-corrected chi connectivity index (χ4v) is 3.30. The summed E-state index contributed by atoms with van der Waals surface area (Å²) in [6, 6.07) is 0. The maximum Gasteiger partial charge on any atom is 0.312 e. The van der Waals surface area contributed by atoms with E-state index in [0.29, 0.717) is 17.9 Å². The molecule has 0 aromatic carbocycles. The van der Waals surface area contributed by atoms with Crippen LogP contribution in [-0.4, -0.2) is 25.8 Å². The lowest BCUT2D eigenvalue weighted by Crippen LogP contribution is -2.37. The third kappa shape index (κ3) is 1.33. The molecule has 3 nitrogen and oxygen atoms in total. The van der Waals surface area contributed by atoms with Crippen LogP contribution < -0.4 is 0 Å². The number of hydrogen-bond donors (Lipinski definition) is 0. The first-order valence-electron chi connectivity index (χ1n) is 5.63. The van der Waals surface area contributed by atoms with Gasteiger partial charge < -0.3 is 9.47 Å². The van der Waals surface area contributed by atoms with Gasteiger partial charge in [-0.1, -0.05) is 12.2 Å². The Balaban J connectivity index is 1.87. The van der Waals surface area contributed by atoms with Crippen LogP contribution in [0.4, 0.5) is 0 Å². The molecule has 3 aliphatic rings. The first-order valence-corrected chi connectivity index (χ1v) is 5.63. The second-order valence-electron chi connectivity index (χ2n) is 5.00. The van der Waals surface area contributed by atoms with Gasteiger partial charge in [0.2, 0.25) is 0 Å². The van der Waals surface area contributed by atoms with Gasteiger partial charge in [-0.05, 0) is 31.1 Å². The van der Waals surface area contributed by atoms with E-state index in [0.717, 1.165) is 25.9 Å². The number of methoxy groups -OCH3 is 1. The molecular weight excluding hydrogens is 192 g/mol. The summed E-state index contributed by atoms with van der Waals surface area (Å²) in [6.07, 6.45) is 7.69. The summed E-state index contributed by atoms with van der Waals surface area (Å²) in [5.41, 5.74) is -0.269. The predicted molar refractivity (Wildman–Crippen MR) is 54.2 cm³/mol. The molecule has 1 heterocycles. The Morgan fingerprint density at radius 1 is 1.60 bits per heavy atom. The summed E-state index contributed by atoms with van der Waals surface area (Å²) in [6.45, 7) is 0.819. The van der Waals surface area contributed by atoms with Gasteiger partial charge in [0.25, 0.3) is 0 Å². The molecule has 0 amide bonds. The summed E-state index contributed by atoms with van der Waals surface area (Å²) >= 11 is 0. The summed E-state index contributed by atoms with van der Waals surface area (Å²) in [5, 5.41) is 0. The Bertz CT molecular complexity index is 319. The van der Waals surface area contributed by atoms with Crippen LogP contribution in [0.5, 0.6) is 0 Å². The van der Waals surface area contributed by atoms with E-state index in [1.165, 1.54) is 7.11 Å². The highest BCUT2D eigenvalue weighted by atomic mass is 16.6. The van der Waals surface area contributed by atoms with Crippen molar-refractivity contribution in [1.82, 2.24) is 0 Å². The number of hydrogen-bond acceptors (Lipinski definition) is 3. The molecule has 2 bridgehead atoms. The van der Waals surface area contributed by atoms with E-state index in [1.807, 2.05) is 0 Å². The average Bonchev–Trinajstić information content (AvgIpc) is 2.82. The van der Waals surface area contributed by atoms with Gasteiger partial charge in [-0.2, -0.15) is 0 Å². The molecule has 0 N–H and O–H groups in total. The first kappa shape index (κ1) is 9.40. The number of ether oxygens (including phenoxy) is 2. The molecule has 1 aliphatic heterocycles. The zero-order chi connectivity index (χ0) is 10.5. The van der Waals surface area contributed by atoms with Crippen LogP contribution in [0.3, 0.4) is 0 Å². The van der Waals surface area contributed by atoms with Gasteiger partial charge in [-0.3, -0.25) is 4.79 Å². The summed E-state index contributed by atoms with van der Waals surface area (Å²) < 4.78 is 10.3. The SMILES string of the molecule is COC(=O)C1(CC2CO2)CC2C=CC1C2. The lowest BCUT2D eigenvalue weighted by molar-refractivity contribution is -0.155. The zero-order valence-electron chi connectivity index (χ0n) is 8.94. The maximum absolute atomic E-state index is 12.0. The third-order valence-corrected chi connectivity index (χ3v) is 4.09. The van der Waals surface area contributed by atoms with E-state index in [4.69, 9.17) is 9.47 Å². The first-order chi connectivity index (χ1) is 7.24. The minimum absolute atomic E-state index is 0.0325. The molecule has 3 heteroatoms. The van der Waals surface area contributed by atoms with Crippen molar-refractivity contribution in [2.24, 2.45) is 17.3 Å². The Morgan fingerprint density at radius 3 is 2.87 bits per heavy atom. The van der Waals surface area contributed by atoms with Crippen molar-refractivity contribution in [2.45, 2.75) is 25.4 Å².